The summed E-state index contributed by atoms with van der Waals surface area (Å²) < 4.78 is 1.05. The molecule has 4 amide bonds. The van der Waals surface area contributed by atoms with Gasteiger partial charge >= 0.3 is 6.03 Å². The number of amides is 4. The molecule has 2 aromatic carbocycles. The SMILES string of the molecule is CC(C)CC1(c2ccccc2)NC(=O)N(CC(=O)Nc2ccc(I)cc2)C1=O. The van der Waals surface area contributed by atoms with Crippen LogP contribution in [0, 0.1) is 9.49 Å². The Morgan fingerprint density at radius 2 is 1.75 bits per heavy atom. The Bertz CT molecular complexity index is 884. The van der Waals surface area contributed by atoms with Crippen molar-refractivity contribution in [1.82, 2.24) is 10.2 Å². The van der Waals surface area contributed by atoms with Crippen LogP contribution in [0.5, 0.6) is 0 Å². The number of halogens is 1. The first kappa shape index (κ1) is 20.3. The van der Waals surface area contributed by atoms with Crippen LogP contribution < -0.4 is 10.6 Å². The Morgan fingerprint density at radius 1 is 1.11 bits per heavy atom. The minimum Gasteiger partial charge on any atom is -0.325 e. The summed E-state index contributed by atoms with van der Waals surface area (Å²) in [7, 11) is 0. The van der Waals surface area contributed by atoms with Gasteiger partial charge in [0, 0.05) is 9.26 Å². The predicted octanol–water partition coefficient (Wildman–Crippen LogP) is 3.72. The number of nitrogens with zero attached hydrogens (tertiary/aromatic N) is 1. The van der Waals surface area contributed by atoms with Crippen LogP contribution in [-0.4, -0.2) is 29.3 Å². The molecule has 2 N–H and O–H groups in total. The van der Waals surface area contributed by atoms with E-state index in [1.54, 1.807) is 12.1 Å². The Morgan fingerprint density at radius 3 is 2.36 bits per heavy atom. The van der Waals surface area contributed by atoms with E-state index in [-0.39, 0.29) is 12.5 Å². The summed E-state index contributed by atoms with van der Waals surface area (Å²) in [5, 5.41) is 5.58. The fourth-order valence-corrected chi connectivity index (χ4v) is 3.79. The standard InChI is InChI=1S/C21H22IN3O3/c1-14(2)12-21(15-6-4-3-5-7-15)19(27)25(20(28)24-21)13-18(26)23-17-10-8-16(22)9-11-17/h3-11,14H,12-13H2,1-2H3,(H,23,26)(H,24,28). The molecule has 0 spiro atoms. The van der Waals surface area contributed by atoms with Gasteiger partial charge in [-0.1, -0.05) is 44.2 Å². The summed E-state index contributed by atoms with van der Waals surface area (Å²) in [6.07, 6.45) is 0.455. The van der Waals surface area contributed by atoms with Gasteiger partial charge in [0.25, 0.3) is 5.91 Å². The fraction of sp³-hybridized carbons (Fsp3) is 0.286. The number of nitrogens with one attached hydrogen (secondary N) is 2. The molecule has 1 heterocycles. The number of imide groups is 1. The highest BCUT2D eigenvalue weighted by Crippen LogP contribution is 2.35. The second-order valence-electron chi connectivity index (χ2n) is 7.25. The van der Waals surface area contributed by atoms with Crippen LogP contribution in [-0.2, 0) is 15.1 Å². The molecule has 1 aliphatic heterocycles. The summed E-state index contributed by atoms with van der Waals surface area (Å²) in [5.41, 5.74) is 0.201. The lowest BCUT2D eigenvalue weighted by atomic mass is 9.82. The van der Waals surface area contributed by atoms with Crippen molar-refractivity contribution in [2.24, 2.45) is 5.92 Å². The average Bonchev–Trinajstić information content (AvgIpc) is 2.89. The van der Waals surface area contributed by atoms with Gasteiger partial charge < -0.3 is 10.6 Å². The molecule has 1 aliphatic rings. The van der Waals surface area contributed by atoms with Crippen LogP contribution in [0.15, 0.2) is 54.6 Å². The van der Waals surface area contributed by atoms with Gasteiger partial charge in [0.2, 0.25) is 5.91 Å². The first-order valence-electron chi connectivity index (χ1n) is 9.07. The molecule has 146 valence electrons. The second-order valence-corrected chi connectivity index (χ2v) is 8.49. The summed E-state index contributed by atoms with van der Waals surface area (Å²) >= 11 is 2.18. The zero-order valence-corrected chi connectivity index (χ0v) is 17.9. The Hall–Kier alpha value is -2.42. The molecule has 0 bridgehead atoms. The molecular formula is C21H22IN3O3. The lowest BCUT2D eigenvalue weighted by Gasteiger charge is -2.29. The predicted molar refractivity (Wildman–Crippen MR) is 116 cm³/mol. The number of carbonyl (C=O) groups is 3. The van der Waals surface area contributed by atoms with Crippen LogP contribution >= 0.6 is 22.6 Å². The number of hydrogen-bond donors (Lipinski definition) is 2. The fourth-order valence-electron chi connectivity index (χ4n) is 3.43. The Kier molecular flexibility index (Phi) is 6.02. The quantitative estimate of drug-likeness (QED) is 0.478. The lowest BCUT2D eigenvalue weighted by Crippen LogP contribution is -2.45. The molecule has 0 radical (unpaired) electrons. The minimum atomic E-state index is -1.14. The molecule has 1 saturated heterocycles. The third kappa shape index (κ3) is 4.19. The largest absolute Gasteiger partial charge is 0.325 e. The van der Waals surface area contributed by atoms with Crippen molar-refractivity contribution in [2.45, 2.75) is 25.8 Å². The molecule has 1 unspecified atom stereocenters. The van der Waals surface area contributed by atoms with E-state index in [9.17, 15) is 14.4 Å². The number of carbonyl (C=O) groups excluding carboxylic acids is 3. The highest BCUT2D eigenvalue weighted by molar-refractivity contribution is 14.1. The molecule has 1 fully saturated rings. The number of urea groups is 1. The molecule has 1 atom stereocenters. The van der Waals surface area contributed by atoms with Crippen molar-refractivity contribution < 1.29 is 14.4 Å². The maximum absolute atomic E-state index is 13.3. The van der Waals surface area contributed by atoms with Gasteiger partial charge in [-0.25, -0.2) is 4.79 Å². The summed E-state index contributed by atoms with van der Waals surface area (Å²) in [6.45, 7) is 3.66. The number of rotatable bonds is 6. The van der Waals surface area contributed by atoms with Gasteiger partial charge in [0.05, 0.1) is 0 Å². The zero-order valence-electron chi connectivity index (χ0n) is 15.7. The first-order chi connectivity index (χ1) is 13.3. The number of anilines is 1. The summed E-state index contributed by atoms with van der Waals surface area (Å²) in [4.78, 5) is 39.3. The highest BCUT2D eigenvalue weighted by Gasteiger charge is 2.52. The zero-order chi connectivity index (χ0) is 20.3. The van der Waals surface area contributed by atoms with E-state index in [4.69, 9.17) is 0 Å². The van der Waals surface area contributed by atoms with E-state index in [0.29, 0.717) is 12.1 Å². The van der Waals surface area contributed by atoms with Crippen LogP contribution in [0.3, 0.4) is 0 Å². The van der Waals surface area contributed by atoms with Gasteiger partial charge in [-0.2, -0.15) is 0 Å². The molecule has 0 saturated carbocycles. The summed E-state index contributed by atoms with van der Waals surface area (Å²) in [6, 6.07) is 15.9. The molecule has 7 heteroatoms. The third-order valence-corrected chi connectivity index (χ3v) is 5.31. The normalized spacial score (nSPS) is 19.1. The van der Waals surface area contributed by atoms with E-state index in [1.165, 1.54) is 0 Å². The van der Waals surface area contributed by atoms with Gasteiger partial charge in [-0.3, -0.25) is 14.5 Å². The summed E-state index contributed by atoms with van der Waals surface area (Å²) in [5.74, 6) is -0.640. The minimum absolute atomic E-state index is 0.171. The van der Waals surface area contributed by atoms with Crippen molar-refractivity contribution in [2.75, 3.05) is 11.9 Å². The van der Waals surface area contributed by atoms with Crippen LogP contribution in [0.4, 0.5) is 10.5 Å². The monoisotopic (exact) mass is 491 g/mol. The van der Waals surface area contributed by atoms with Gasteiger partial charge in [-0.05, 0) is 64.8 Å². The maximum atomic E-state index is 13.3. The first-order valence-corrected chi connectivity index (χ1v) is 10.1. The number of hydrogen-bond acceptors (Lipinski definition) is 3. The Labute approximate surface area is 177 Å². The van der Waals surface area contributed by atoms with Crippen molar-refractivity contribution in [3.8, 4) is 0 Å². The van der Waals surface area contributed by atoms with Crippen LogP contribution in [0.2, 0.25) is 0 Å². The van der Waals surface area contributed by atoms with Gasteiger partial charge in [0.1, 0.15) is 12.1 Å². The molecule has 6 nitrogen and oxygen atoms in total. The van der Waals surface area contributed by atoms with Gasteiger partial charge in [-0.15, -0.1) is 0 Å². The topological polar surface area (TPSA) is 78.5 Å². The van der Waals surface area contributed by atoms with Crippen LogP contribution in [0.1, 0.15) is 25.8 Å². The Balaban J connectivity index is 1.81. The third-order valence-electron chi connectivity index (χ3n) is 4.59. The van der Waals surface area contributed by atoms with E-state index in [2.05, 4.69) is 33.2 Å². The number of benzene rings is 2. The van der Waals surface area contributed by atoms with E-state index >= 15 is 0 Å². The van der Waals surface area contributed by atoms with Crippen LogP contribution in [0.25, 0.3) is 0 Å². The van der Waals surface area contributed by atoms with E-state index in [0.717, 1.165) is 14.0 Å². The smallest absolute Gasteiger partial charge is 0.325 e. The average molecular weight is 491 g/mol. The molecule has 0 aliphatic carbocycles. The lowest BCUT2D eigenvalue weighted by molar-refractivity contribution is -0.134. The molecule has 0 aromatic heterocycles. The maximum Gasteiger partial charge on any atom is 0.325 e. The van der Waals surface area contributed by atoms with Crippen molar-refractivity contribution in [3.63, 3.8) is 0 Å². The second kappa shape index (κ2) is 8.30. The van der Waals surface area contributed by atoms with Crippen molar-refractivity contribution in [3.05, 3.63) is 63.7 Å². The highest BCUT2D eigenvalue weighted by atomic mass is 127. The molecule has 2 aromatic rings. The molecule has 28 heavy (non-hydrogen) atoms. The molecule has 3 rings (SSSR count). The van der Waals surface area contributed by atoms with Crippen molar-refractivity contribution >= 4 is 46.1 Å². The molecular weight excluding hydrogens is 469 g/mol. The van der Waals surface area contributed by atoms with E-state index in [1.807, 2.05) is 56.3 Å². The van der Waals surface area contributed by atoms with Gasteiger partial charge in [0.15, 0.2) is 0 Å². The van der Waals surface area contributed by atoms with E-state index < -0.39 is 23.4 Å². The van der Waals surface area contributed by atoms with Crippen molar-refractivity contribution in [1.29, 1.82) is 0 Å².